The molecule has 3 amide bonds. The first-order chi connectivity index (χ1) is 14.6. The van der Waals surface area contributed by atoms with Crippen LogP contribution < -0.4 is 20.3 Å². The Balaban J connectivity index is 1.44. The van der Waals surface area contributed by atoms with Crippen molar-refractivity contribution in [3.63, 3.8) is 0 Å². The first-order valence-corrected chi connectivity index (χ1v) is 11.4. The molecule has 0 bridgehead atoms. The van der Waals surface area contributed by atoms with Gasteiger partial charge in [0.25, 0.3) is 0 Å². The standard InChI is InChI=1S/C23H36N4O3/c1-3-18-17-27(23(29)25-20-7-6-8-21(16-20)30-2)13-9-19(18)15-22(28)24-10-14-26-11-4-5-12-26/h6-8,16,18-19H,3-5,9-15,17H2,1-2H3,(H,24,28)(H,25,29)/p+1/t18-,19-/m0/s1. The molecule has 1 aromatic carbocycles. The molecule has 7 heteroatoms. The molecule has 0 spiro atoms. The summed E-state index contributed by atoms with van der Waals surface area (Å²) in [7, 11) is 1.61. The summed E-state index contributed by atoms with van der Waals surface area (Å²) < 4.78 is 5.22. The first kappa shape index (κ1) is 22.4. The third-order valence-electron chi connectivity index (χ3n) is 6.58. The number of methoxy groups -OCH3 is 1. The lowest BCUT2D eigenvalue weighted by Gasteiger charge is -2.38. The molecule has 166 valence electrons. The van der Waals surface area contributed by atoms with Crippen molar-refractivity contribution in [3.05, 3.63) is 24.3 Å². The zero-order chi connectivity index (χ0) is 21.3. The Kier molecular flexibility index (Phi) is 8.37. The number of piperidine rings is 1. The molecule has 0 aliphatic carbocycles. The largest absolute Gasteiger partial charge is 0.497 e. The number of likely N-dealkylation sites (tertiary alicyclic amines) is 2. The van der Waals surface area contributed by atoms with Crippen LogP contribution in [-0.2, 0) is 4.79 Å². The van der Waals surface area contributed by atoms with E-state index in [1.165, 1.54) is 25.9 Å². The lowest BCUT2D eigenvalue weighted by atomic mass is 9.81. The topological polar surface area (TPSA) is 75.1 Å². The fourth-order valence-electron chi connectivity index (χ4n) is 4.71. The van der Waals surface area contributed by atoms with E-state index in [1.54, 1.807) is 12.0 Å². The van der Waals surface area contributed by atoms with Gasteiger partial charge in [-0.1, -0.05) is 19.4 Å². The Morgan fingerprint density at radius 1 is 1.23 bits per heavy atom. The molecule has 2 heterocycles. The molecule has 2 aliphatic rings. The summed E-state index contributed by atoms with van der Waals surface area (Å²) in [6.45, 7) is 7.81. The van der Waals surface area contributed by atoms with E-state index < -0.39 is 0 Å². The van der Waals surface area contributed by atoms with Gasteiger partial charge < -0.3 is 25.2 Å². The van der Waals surface area contributed by atoms with Crippen molar-refractivity contribution in [3.8, 4) is 5.75 Å². The Labute approximate surface area is 180 Å². The minimum Gasteiger partial charge on any atom is -0.497 e. The van der Waals surface area contributed by atoms with Crippen molar-refractivity contribution in [2.24, 2.45) is 11.8 Å². The maximum absolute atomic E-state index is 12.7. The summed E-state index contributed by atoms with van der Waals surface area (Å²) in [4.78, 5) is 28.6. The average Bonchev–Trinajstić information content (AvgIpc) is 3.27. The number of carbonyl (C=O) groups is 2. The van der Waals surface area contributed by atoms with E-state index in [2.05, 4.69) is 17.6 Å². The summed E-state index contributed by atoms with van der Waals surface area (Å²) >= 11 is 0. The van der Waals surface area contributed by atoms with Gasteiger partial charge in [-0.2, -0.15) is 0 Å². The van der Waals surface area contributed by atoms with Gasteiger partial charge in [0.15, 0.2) is 0 Å². The van der Waals surface area contributed by atoms with Crippen LogP contribution in [0.5, 0.6) is 5.75 Å². The molecule has 0 saturated carbocycles. The van der Waals surface area contributed by atoms with Crippen LogP contribution in [0.2, 0.25) is 0 Å². The second kappa shape index (κ2) is 11.2. The van der Waals surface area contributed by atoms with Crippen LogP contribution in [0.15, 0.2) is 24.3 Å². The number of rotatable bonds is 8. The molecule has 7 nitrogen and oxygen atoms in total. The SMILES string of the molecule is CC[C@H]1CN(C(=O)Nc2cccc(OC)c2)CC[C@H]1CC(=O)NCC[NH+]1CCCC1. The maximum Gasteiger partial charge on any atom is 0.321 e. The predicted octanol–water partition coefficient (Wildman–Crippen LogP) is 1.76. The molecule has 2 fully saturated rings. The molecule has 3 rings (SSSR count). The minimum absolute atomic E-state index is 0.0850. The zero-order valence-corrected chi connectivity index (χ0v) is 18.4. The van der Waals surface area contributed by atoms with Crippen LogP contribution in [0.25, 0.3) is 0 Å². The molecular weight excluding hydrogens is 380 g/mol. The molecule has 0 unspecified atom stereocenters. The third-order valence-corrected chi connectivity index (χ3v) is 6.58. The van der Waals surface area contributed by atoms with Gasteiger partial charge in [0.2, 0.25) is 5.91 Å². The fraction of sp³-hybridized carbons (Fsp3) is 0.652. The molecule has 1 aromatic rings. The van der Waals surface area contributed by atoms with Crippen molar-refractivity contribution >= 4 is 17.6 Å². The number of amides is 3. The number of quaternary nitrogens is 1. The average molecular weight is 418 g/mol. The highest BCUT2D eigenvalue weighted by atomic mass is 16.5. The van der Waals surface area contributed by atoms with Gasteiger partial charge in [0.1, 0.15) is 5.75 Å². The van der Waals surface area contributed by atoms with Crippen molar-refractivity contribution < 1.29 is 19.2 Å². The first-order valence-electron chi connectivity index (χ1n) is 11.4. The number of urea groups is 1. The van der Waals surface area contributed by atoms with Gasteiger partial charge in [-0.05, 0) is 30.4 Å². The third kappa shape index (κ3) is 6.36. The van der Waals surface area contributed by atoms with Gasteiger partial charge in [0, 0.05) is 44.1 Å². The van der Waals surface area contributed by atoms with Crippen LogP contribution in [0.1, 0.15) is 39.0 Å². The van der Waals surface area contributed by atoms with Crippen molar-refractivity contribution in [2.75, 3.05) is 51.7 Å². The zero-order valence-electron chi connectivity index (χ0n) is 18.4. The molecule has 0 aromatic heterocycles. The number of hydrogen-bond donors (Lipinski definition) is 3. The highest BCUT2D eigenvalue weighted by Gasteiger charge is 2.31. The number of benzene rings is 1. The predicted molar refractivity (Wildman–Crippen MR) is 118 cm³/mol. The van der Waals surface area contributed by atoms with E-state index in [1.807, 2.05) is 29.2 Å². The molecule has 2 atom stereocenters. The van der Waals surface area contributed by atoms with Crippen LogP contribution >= 0.6 is 0 Å². The molecule has 0 radical (unpaired) electrons. The second-order valence-electron chi connectivity index (χ2n) is 8.59. The summed E-state index contributed by atoms with van der Waals surface area (Å²) in [6, 6.07) is 7.30. The monoisotopic (exact) mass is 417 g/mol. The number of anilines is 1. The Hall–Kier alpha value is -2.28. The second-order valence-corrected chi connectivity index (χ2v) is 8.59. The quantitative estimate of drug-likeness (QED) is 0.603. The Bertz CT molecular complexity index is 705. The highest BCUT2D eigenvalue weighted by molar-refractivity contribution is 5.89. The number of carbonyl (C=O) groups excluding carboxylic acids is 2. The number of ether oxygens (including phenoxy) is 1. The normalized spacial score (nSPS) is 22.0. The summed E-state index contributed by atoms with van der Waals surface area (Å²) in [5, 5.41) is 6.08. The molecule has 30 heavy (non-hydrogen) atoms. The molecular formula is C23H37N4O3+. The summed E-state index contributed by atoms with van der Waals surface area (Å²) in [5.74, 6) is 1.57. The molecule has 2 saturated heterocycles. The van der Waals surface area contributed by atoms with Crippen LogP contribution in [-0.4, -0.2) is 63.2 Å². The lowest BCUT2D eigenvalue weighted by Crippen LogP contribution is -3.10. The van der Waals surface area contributed by atoms with Crippen LogP contribution in [0, 0.1) is 11.8 Å². The highest BCUT2D eigenvalue weighted by Crippen LogP contribution is 2.29. The lowest BCUT2D eigenvalue weighted by molar-refractivity contribution is -0.886. The Morgan fingerprint density at radius 3 is 2.77 bits per heavy atom. The van der Waals surface area contributed by atoms with Crippen molar-refractivity contribution in [1.29, 1.82) is 0 Å². The van der Waals surface area contributed by atoms with E-state index in [9.17, 15) is 9.59 Å². The van der Waals surface area contributed by atoms with Crippen LogP contribution in [0.3, 0.4) is 0 Å². The van der Waals surface area contributed by atoms with Crippen LogP contribution in [0.4, 0.5) is 10.5 Å². The van der Waals surface area contributed by atoms with E-state index in [-0.39, 0.29) is 11.9 Å². The van der Waals surface area contributed by atoms with E-state index >= 15 is 0 Å². The van der Waals surface area contributed by atoms with E-state index in [4.69, 9.17) is 4.74 Å². The Morgan fingerprint density at radius 2 is 2.03 bits per heavy atom. The molecule has 2 aliphatic heterocycles. The minimum atomic E-state index is -0.0850. The van der Waals surface area contributed by atoms with Crippen molar-refractivity contribution in [2.45, 2.75) is 39.0 Å². The maximum atomic E-state index is 12.7. The van der Waals surface area contributed by atoms with Gasteiger partial charge >= 0.3 is 6.03 Å². The smallest absolute Gasteiger partial charge is 0.321 e. The van der Waals surface area contributed by atoms with E-state index in [0.717, 1.165) is 37.4 Å². The molecule has 3 N–H and O–H groups in total. The van der Waals surface area contributed by atoms with Gasteiger partial charge in [-0.3, -0.25) is 4.79 Å². The van der Waals surface area contributed by atoms with Crippen molar-refractivity contribution in [1.82, 2.24) is 10.2 Å². The number of hydrogen-bond acceptors (Lipinski definition) is 3. The van der Waals surface area contributed by atoms with Gasteiger partial charge in [-0.15, -0.1) is 0 Å². The number of nitrogens with zero attached hydrogens (tertiary/aromatic N) is 1. The summed E-state index contributed by atoms with van der Waals surface area (Å²) in [6.07, 6.45) is 5.03. The van der Waals surface area contributed by atoms with Gasteiger partial charge in [-0.25, -0.2) is 4.79 Å². The fourth-order valence-corrected chi connectivity index (χ4v) is 4.71. The summed E-state index contributed by atoms with van der Waals surface area (Å²) in [5.41, 5.74) is 0.731. The number of nitrogens with one attached hydrogen (secondary N) is 3. The van der Waals surface area contributed by atoms with E-state index in [0.29, 0.717) is 31.3 Å². The van der Waals surface area contributed by atoms with Gasteiger partial charge in [0.05, 0.1) is 33.3 Å².